The van der Waals surface area contributed by atoms with E-state index in [4.69, 9.17) is 5.26 Å². The van der Waals surface area contributed by atoms with Crippen molar-refractivity contribution in [3.63, 3.8) is 0 Å². The first-order chi connectivity index (χ1) is 14.3. The molecule has 0 amide bonds. The second kappa shape index (κ2) is 10.4. The molecule has 2 unspecified atom stereocenters. The molecule has 7 nitrogen and oxygen atoms in total. The van der Waals surface area contributed by atoms with E-state index in [1.807, 2.05) is 41.3 Å². The number of benzene rings is 1. The van der Waals surface area contributed by atoms with E-state index in [9.17, 15) is 4.79 Å². The third-order valence-electron chi connectivity index (χ3n) is 5.38. The van der Waals surface area contributed by atoms with Gasteiger partial charge in [-0.1, -0.05) is 23.9 Å². The number of rotatable bonds is 4. The molecule has 0 spiro atoms. The summed E-state index contributed by atoms with van der Waals surface area (Å²) in [5, 5.41) is 18.6. The van der Waals surface area contributed by atoms with E-state index in [2.05, 4.69) is 26.7 Å². The van der Waals surface area contributed by atoms with Gasteiger partial charge in [-0.2, -0.15) is 16.4 Å². The minimum atomic E-state index is 0. The Morgan fingerprint density at radius 1 is 1.23 bits per heavy atom. The van der Waals surface area contributed by atoms with Crippen LogP contribution in [0.3, 0.4) is 0 Å². The Balaban J connectivity index is 0.000000214. The van der Waals surface area contributed by atoms with E-state index in [1.165, 1.54) is 19.3 Å². The predicted octanol–water partition coefficient (Wildman–Crippen LogP) is 0.629. The first-order valence-electron chi connectivity index (χ1n) is 9.63. The van der Waals surface area contributed by atoms with E-state index < -0.39 is 0 Å². The molecule has 2 N–H and O–H groups in total. The standard InChI is InChI=1S/C15H11N4O.C7H10N2.Na/c20-10-12-8-15(19-18-12)13-9-16-7-6-14(13)17-11-4-2-1-3-5-11;8-5-9-4-6-1-2-7(9)3-6;/h1-9H,(H,16,17)(H,18,19);6-7H,1-4H2;/q-1;;+1. The Morgan fingerprint density at radius 2 is 2.07 bits per heavy atom. The van der Waals surface area contributed by atoms with Crippen molar-refractivity contribution >= 4 is 17.7 Å². The number of pyridine rings is 1. The quantitative estimate of drug-likeness (QED) is 0.373. The second-order valence-electron chi connectivity index (χ2n) is 7.27. The molecule has 2 fully saturated rings. The third kappa shape index (κ3) is 5.08. The molecule has 30 heavy (non-hydrogen) atoms. The molecule has 5 rings (SSSR count). The number of hydrogen-bond donors (Lipinski definition) is 2. The SMILES string of the molecule is N#CN1CC2CCC1C2.O=[C-]c1cc(-c2cnccc2Nc2ccccc2)n[nH]1.[Na+]. The molecular weight excluding hydrogens is 387 g/mol. The fourth-order valence-corrected chi connectivity index (χ4v) is 3.94. The van der Waals surface area contributed by atoms with Crippen LogP contribution < -0.4 is 34.9 Å². The third-order valence-corrected chi connectivity index (χ3v) is 5.38. The van der Waals surface area contributed by atoms with E-state index in [1.54, 1.807) is 24.7 Å². The summed E-state index contributed by atoms with van der Waals surface area (Å²) in [4.78, 5) is 16.6. The average molecular weight is 408 g/mol. The second-order valence-corrected chi connectivity index (χ2v) is 7.27. The van der Waals surface area contributed by atoms with Gasteiger partial charge in [-0.05, 0) is 43.4 Å². The Labute approximate surface area is 197 Å². The van der Waals surface area contributed by atoms with Crippen LogP contribution in [-0.2, 0) is 4.79 Å². The molecular formula is C22H21N6NaO. The number of nitrogens with one attached hydrogen (secondary N) is 2. The number of para-hydroxylation sites is 1. The number of carbonyl (C=O) groups excluding carboxylic acids is 1. The summed E-state index contributed by atoms with van der Waals surface area (Å²) in [6.07, 6.45) is 11.3. The van der Waals surface area contributed by atoms with Gasteiger partial charge < -0.3 is 20.1 Å². The van der Waals surface area contributed by atoms with Gasteiger partial charge in [0.05, 0.1) is 0 Å². The molecule has 1 saturated carbocycles. The van der Waals surface area contributed by atoms with Gasteiger partial charge in [0.1, 0.15) is 0 Å². The maximum Gasteiger partial charge on any atom is 1.00 e. The summed E-state index contributed by atoms with van der Waals surface area (Å²) in [5.74, 6) is 0.856. The van der Waals surface area contributed by atoms with Crippen LogP contribution in [0.1, 0.15) is 25.0 Å². The largest absolute Gasteiger partial charge is 1.00 e. The molecule has 1 aliphatic heterocycles. The van der Waals surface area contributed by atoms with Crippen LogP contribution >= 0.6 is 0 Å². The van der Waals surface area contributed by atoms with Crippen LogP contribution in [0.2, 0.25) is 0 Å². The van der Waals surface area contributed by atoms with E-state index >= 15 is 0 Å². The number of nitrogens with zero attached hydrogens (tertiary/aromatic N) is 4. The summed E-state index contributed by atoms with van der Waals surface area (Å²) in [5.41, 5.74) is 3.62. The molecule has 2 bridgehead atoms. The monoisotopic (exact) mass is 408 g/mol. The number of fused-ring (bicyclic) bond motifs is 2. The van der Waals surface area contributed by atoms with Gasteiger partial charge in [0.15, 0.2) is 6.19 Å². The normalized spacial score (nSPS) is 18.6. The van der Waals surface area contributed by atoms with Crippen molar-refractivity contribution in [1.29, 1.82) is 5.26 Å². The average Bonchev–Trinajstić information content (AvgIpc) is 3.52. The van der Waals surface area contributed by atoms with Crippen LogP contribution in [-0.4, -0.2) is 39.0 Å². The van der Waals surface area contributed by atoms with Gasteiger partial charge in [-0.25, -0.2) is 0 Å². The Hall–Kier alpha value is -2.66. The number of aromatic amines is 1. The van der Waals surface area contributed by atoms with E-state index in [0.29, 0.717) is 17.4 Å². The molecule has 2 aliphatic rings. The van der Waals surface area contributed by atoms with Gasteiger partial charge in [-0.15, -0.1) is 0 Å². The molecule has 1 aliphatic carbocycles. The minimum absolute atomic E-state index is 0. The molecule has 2 aromatic heterocycles. The maximum absolute atomic E-state index is 10.6. The predicted molar refractivity (Wildman–Crippen MR) is 110 cm³/mol. The first-order valence-corrected chi connectivity index (χ1v) is 9.63. The van der Waals surface area contributed by atoms with E-state index in [0.717, 1.165) is 29.4 Å². The summed E-state index contributed by atoms with van der Waals surface area (Å²) < 4.78 is 0. The number of likely N-dealkylation sites (tertiary alicyclic amines) is 1. The molecule has 1 aromatic carbocycles. The van der Waals surface area contributed by atoms with Gasteiger partial charge in [-0.3, -0.25) is 4.98 Å². The molecule has 146 valence electrons. The summed E-state index contributed by atoms with van der Waals surface area (Å²) in [7, 11) is 0. The first kappa shape index (κ1) is 22.0. The Morgan fingerprint density at radius 3 is 2.67 bits per heavy atom. The smallest absolute Gasteiger partial charge is 0.417 e. The van der Waals surface area contributed by atoms with Gasteiger partial charge >= 0.3 is 29.6 Å². The molecule has 3 aromatic rings. The maximum atomic E-state index is 10.6. The molecule has 0 radical (unpaired) electrons. The number of H-pyrrole nitrogens is 1. The van der Waals surface area contributed by atoms with E-state index in [-0.39, 0.29) is 29.6 Å². The molecule has 3 heterocycles. The van der Waals surface area contributed by atoms with Crippen molar-refractivity contribution < 1.29 is 34.4 Å². The zero-order valence-corrected chi connectivity index (χ0v) is 18.9. The molecule has 2 atom stereocenters. The van der Waals surface area contributed by atoms with Crippen LogP contribution in [0.4, 0.5) is 11.4 Å². The van der Waals surface area contributed by atoms with Crippen molar-refractivity contribution in [2.45, 2.75) is 25.3 Å². The van der Waals surface area contributed by atoms with Gasteiger partial charge in [0.25, 0.3) is 0 Å². The van der Waals surface area contributed by atoms with Crippen molar-refractivity contribution in [2.75, 3.05) is 11.9 Å². The number of anilines is 2. The minimum Gasteiger partial charge on any atom is -0.417 e. The summed E-state index contributed by atoms with van der Waals surface area (Å²) >= 11 is 0. The van der Waals surface area contributed by atoms with Crippen molar-refractivity contribution in [1.82, 2.24) is 20.1 Å². The Kier molecular flexibility index (Phi) is 7.63. The number of piperidine rings is 1. The van der Waals surface area contributed by atoms with Crippen LogP contribution in [0.15, 0.2) is 54.9 Å². The van der Waals surface area contributed by atoms with Crippen molar-refractivity contribution in [3.05, 3.63) is 60.6 Å². The van der Waals surface area contributed by atoms with Crippen LogP contribution in [0.25, 0.3) is 11.3 Å². The Bertz CT molecular complexity index is 1020. The van der Waals surface area contributed by atoms with Crippen molar-refractivity contribution in [2.24, 2.45) is 5.92 Å². The summed E-state index contributed by atoms with van der Waals surface area (Å²) in [6, 6.07) is 13.9. The van der Waals surface area contributed by atoms with Gasteiger partial charge in [0, 0.05) is 53.9 Å². The van der Waals surface area contributed by atoms with Crippen LogP contribution in [0.5, 0.6) is 0 Å². The number of aromatic nitrogens is 3. The molecule has 8 heteroatoms. The number of hydrogen-bond acceptors (Lipinski definition) is 6. The fourth-order valence-electron chi connectivity index (χ4n) is 3.94. The zero-order valence-electron chi connectivity index (χ0n) is 16.9. The summed E-state index contributed by atoms with van der Waals surface area (Å²) in [6.45, 7) is 1.04. The topological polar surface area (TPSA) is 97.7 Å². The fraction of sp³-hybridized carbons (Fsp3) is 0.273. The van der Waals surface area contributed by atoms with Crippen LogP contribution in [0, 0.1) is 17.4 Å². The molecule has 1 saturated heterocycles. The van der Waals surface area contributed by atoms with Gasteiger partial charge in [0.2, 0.25) is 0 Å². The number of nitriles is 1. The zero-order chi connectivity index (χ0) is 20.1. The van der Waals surface area contributed by atoms with Crippen molar-refractivity contribution in [3.8, 4) is 17.5 Å².